The zero-order valence-electron chi connectivity index (χ0n) is 12.2. The van der Waals surface area contributed by atoms with Gasteiger partial charge in [-0.05, 0) is 56.0 Å². The van der Waals surface area contributed by atoms with Gasteiger partial charge in [-0.25, -0.2) is 0 Å². The van der Waals surface area contributed by atoms with Crippen LogP contribution in [0.3, 0.4) is 0 Å². The van der Waals surface area contributed by atoms with Crippen LogP contribution in [0.5, 0.6) is 5.75 Å². The third kappa shape index (κ3) is 4.85. The Morgan fingerprint density at radius 2 is 2.20 bits per heavy atom. The van der Waals surface area contributed by atoms with E-state index in [-0.39, 0.29) is 5.91 Å². The van der Waals surface area contributed by atoms with E-state index >= 15 is 0 Å². The van der Waals surface area contributed by atoms with Crippen molar-refractivity contribution in [2.24, 2.45) is 5.92 Å². The van der Waals surface area contributed by atoms with Crippen molar-refractivity contribution in [3.8, 4) is 5.75 Å². The first kappa shape index (κ1) is 14.9. The third-order valence-electron chi connectivity index (χ3n) is 3.80. The zero-order valence-corrected chi connectivity index (χ0v) is 12.2. The molecule has 1 fully saturated rings. The minimum absolute atomic E-state index is 0.0962. The van der Waals surface area contributed by atoms with E-state index in [9.17, 15) is 4.79 Å². The van der Waals surface area contributed by atoms with E-state index in [0.29, 0.717) is 12.3 Å². The summed E-state index contributed by atoms with van der Waals surface area (Å²) in [7, 11) is 1.64. The van der Waals surface area contributed by atoms with Gasteiger partial charge in [0.1, 0.15) is 5.75 Å². The molecule has 1 saturated heterocycles. The van der Waals surface area contributed by atoms with Gasteiger partial charge in [-0.3, -0.25) is 4.79 Å². The second-order valence-electron chi connectivity index (χ2n) is 5.38. The lowest BCUT2D eigenvalue weighted by atomic mass is 9.96. The number of benzene rings is 1. The summed E-state index contributed by atoms with van der Waals surface area (Å²) in [6, 6.07) is 7.64. The molecule has 1 aliphatic heterocycles. The van der Waals surface area contributed by atoms with Gasteiger partial charge in [0.2, 0.25) is 5.91 Å². The predicted octanol–water partition coefficient (Wildman–Crippen LogP) is 1.74. The van der Waals surface area contributed by atoms with Crippen LogP contribution in [0, 0.1) is 5.92 Å². The Balaban J connectivity index is 1.66. The number of carbonyl (C=O) groups is 1. The van der Waals surface area contributed by atoms with Crippen LogP contribution in [0.4, 0.5) is 0 Å². The first-order valence-corrected chi connectivity index (χ1v) is 7.38. The van der Waals surface area contributed by atoms with Crippen molar-refractivity contribution in [1.82, 2.24) is 10.6 Å². The average Bonchev–Trinajstić information content (AvgIpc) is 2.49. The normalized spacial score (nSPS) is 18.6. The van der Waals surface area contributed by atoms with Gasteiger partial charge in [0.15, 0.2) is 0 Å². The summed E-state index contributed by atoms with van der Waals surface area (Å²) in [6.07, 6.45) is 4.04. The molecule has 1 amide bonds. The Morgan fingerprint density at radius 1 is 1.40 bits per heavy atom. The van der Waals surface area contributed by atoms with Crippen LogP contribution in [-0.2, 0) is 11.2 Å². The first-order valence-electron chi connectivity index (χ1n) is 7.38. The van der Waals surface area contributed by atoms with Gasteiger partial charge in [-0.1, -0.05) is 12.1 Å². The van der Waals surface area contributed by atoms with Crippen LogP contribution in [0.15, 0.2) is 24.3 Å². The van der Waals surface area contributed by atoms with Gasteiger partial charge in [-0.15, -0.1) is 0 Å². The number of nitrogens with one attached hydrogen (secondary N) is 2. The number of rotatable bonds is 6. The highest BCUT2D eigenvalue weighted by Crippen LogP contribution is 2.13. The van der Waals surface area contributed by atoms with Gasteiger partial charge in [0, 0.05) is 6.54 Å². The lowest BCUT2D eigenvalue weighted by molar-refractivity contribution is -0.120. The topological polar surface area (TPSA) is 50.4 Å². The largest absolute Gasteiger partial charge is 0.497 e. The molecule has 2 rings (SSSR count). The summed E-state index contributed by atoms with van der Waals surface area (Å²) < 4.78 is 5.10. The van der Waals surface area contributed by atoms with Crippen molar-refractivity contribution in [3.63, 3.8) is 0 Å². The molecule has 0 aliphatic carbocycles. The van der Waals surface area contributed by atoms with E-state index in [2.05, 4.69) is 10.6 Å². The van der Waals surface area contributed by atoms with Gasteiger partial charge in [-0.2, -0.15) is 0 Å². The molecule has 4 heteroatoms. The fourth-order valence-electron chi connectivity index (χ4n) is 2.58. The maximum absolute atomic E-state index is 11.9. The number of ether oxygens (including phenoxy) is 1. The standard InChI is InChI=1S/C16H24N2O2/c1-20-15-6-4-13(5-7-15)11-16(19)18-10-8-14-3-2-9-17-12-14/h4-7,14,17H,2-3,8-12H2,1H3,(H,18,19). The number of hydrogen-bond donors (Lipinski definition) is 2. The van der Waals surface area contributed by atoms with Crippen molar-refractivity contribution in [3.05, 3.63) is 29.8 Å². The lowest BCUT2D eigenvalue weighted by Gasteiger charge is -2.22. The molecule has 1 heterocycles. The van der Waals surface area contributed by atoms with E-state index in [1.54, 1.807) is 7.11 Å². The number of amides is 1. The maximum atomic E-state index is 11.9. The van der Waals surface area contributed by atoms with E-state index in [1.807, 2.05) is 24.3 Å². The van der Waals surface area contributed by atoms with Crippen molar-refractivity contribution < 1.29 is 9.53 Å². The molecule has 110 valence electrons. The smallest absolute Gasteiger partial charge is 0.224 e. The van der Waals surface area contributed by atoms with Crippen LogP contribution >= 0.6 is 0 Å². The van der Waals surface area contributed by atoms with E-state index in [1.165, 1.54) is 12.8 Å². The summed E-state index contributed by atoms with van der Waals surface area (Å²) >= 11 is 0. The number of hydrogen-bond acceptors (Lipinski definition) is 3. The molecule has 1 unspecified atom stereocenters. The molecule has 0 saturated carbocycles. The summed E-state index contributed by atoms with van der Waals surface area (Å²) in [6.45, 7) is 3.01. The fourth-order valence-corrected chi connectivity index (χ4v) is 2.58. The highest BCUT2D eigenvalue weighted by molar-refractivity contribution is 5.78. The summed E-state index contributed by atoms with van der Waals surface area (Å²) in [5.74, 6) is 1.63. The van der Waals surface area contributed by atoms with E-state index in [4.69, 9.17) is 4.74 Å². The Bertz CT molecular complexity index is 411. The molecule has 4 nitrogen and oxygen atoms in total. The molecule has 1 aromatic carbocycles. The summed E-state index contributed by atoms with van der Waals surface area (Å²) in [5.41, 5.74) is 1.02. The molecular formula is C16H24N2O2. The highest BCUT2D eigenvalue weighted by Gasteiger charge is 2.12. The lowest BCUT2D eigenvalue weighted by Crippen LogP contribution is -2.33. The number of carbonyl (C=O) groups excluding carboxylic acids is 1. The minimum atomic E-state index is 0.0962. The molecule has 1 atom stereocenters. The molecule has 1 aliphatic rings. The van der Waals surface area contributed by atoms with Gasteiger partial charge < -0.3 is 15.4 Å². The zero-order chi connectivity index (χ0) is 14.2. The van der Waals surface area contributed by atoms with Crippen LogP contribution in [0.1, 0.15) is 24.8 Å². The Morgan fingerprint density at radius 3 is 2.85 bits per heavy atom. The Hall–Kier alpha value is -1.55. The molecule has 0 bridgehead atoms. The van der Waals surface area contributed by atoms with Crippen molar-refractivity contribution in [2.45, 2.75) is 25.7 Å². The number of methoxy groups -OCH3 is 1. The van der Waals surface area contributed by atoms with Crippen LogP contribution in [0.2, 0.25) is 0 Å². The Kier molecular flexibility index (Phi) is 5.87. The van der Waals surface area contributed by atoms with E-state index < -0.39 is 0 Å². The van der Waals surface area contributed by atoms with Crippen molar-refractivity contribution in [1.29, 1.82) is 0 Å². The quantitative estimate of drug-likeness (QED) is 0.832. The fraction of sp³-hybridized carbons (Fsp3) is 0.562. The van der Waals surface area contributed by atoms with Crippen molar-refractivity contribution >= 4 is 5.91 Å². The maximum Gasteiger partial charge on any atom is 0.224 e. The van der Waals surface area contributed by atoms with Gasteiger partial charge in [0.25, 0.3) is 0 Å². The molecule has 0 aromatic heterocycles. The monoisotopic (exact) mass is 276 g/mol. The van der Waals surface area contributed by atoms with E-state index in [0.717, 1.165) is 37.4 Å². The third-order valence-corrected chi connectivity index (χ3v) is 3.80. The van der Waals surface area contributed by atoms with Crippen LogP contribution in [-0.4, -0.2) is 32.7 Å². The molecular weight excluding hydrogens is 252 g/mol. The first-order chi connectivity index (χ1) is 9.78. The number of piperidine rings is 1. The minimum Gasteiger partial charge on any atom is -0.497 e. The predicted molar refractivity (Wildman–Crippen MR) is 79.9 cm³/mol. The Labute approximate surface area is 120 Å². The SMILES string of the molecule is COc1ccc(CC(=O)NCCC2CCCNC2)cc1. The second kappa shape index (κ2) is 7.90. The molecule has 20 heavy (non-hydrogen) atoms. The molecule has 2 N–H and O–H groups in total. The summed E-state index contributed by atoms with van der Waals surface area (Å²) in [4.78, 5) is 11.9. The van der Waals surface area contributed by atoms with Gasteiger partial charge >= 0.3 is 0 Å². The molecule has 0 radical (unpaired) electrons. The highest BCUT2D eigenvalue weighted by atomic mass is 16.5. The van der Waals surface area contributed by atoms with Crippen LogP contribution < -0.4 is 15.4 Å². The van der Waals surface area contributed by atoms with Gasteiger partial charge in [0.05, 0.1) is 13.5 Å². The second-order valence-corrected chi connectivity index (χ2v) is 5.38. The molecule has 0 spiro atoms. The molecule has 1 aromatic rings. The van der Waals surface area contributed by atoms with Crippen LogP contribution in [0.25, 0.3) is 0 Å². The van der Waals surface area contributed by atoms with Crippen molar-refractivity contribution in [2.75, 3.05) is 26.7 Å². The average molecular weight is 276 g/mol. The summed E-state index contributed by atoms with van der Waals surface area (Å²) in [5, 5.41) is 6.41.